The third-order valence-corrected chi connectivity index (χ3v) is 6.34. The highest BCUT2D eigenvalue weighted by atomic mass is 79.9. The van der Waals surface area contributed by atoms with Crippen molar-refractivity contribution >= 4 is 43.3 Å². The van der Waals surface area contributed by atoms with Crippen molar-refractivity contribution in [1.29, 1.82) is 0 Å². The molecule has 1 aromatic rings. The number of sulfonamides is 1. The van der Waals surface area contributed by atoms with E-state index in [0.29, 0.717) is 6.61 Å². The Morgan fingerprint density at radius 2 is 2.37 bits per heavy atom. The van der Waals surface area contributed by atoms with E-state index in [-0.39, 0.29) is 26.2 Å². The molecule has 1 aliphatic heterocycles. The highest BCUT2D eigenvalue weighted by Gasteiger charge is 2.25. The molecule has 0 spiro atoms. The lowest BCUT2D eigenvalue weighted by molar-refractivity contribution is 0.0702. The number of carboxylic acids is 1. The van der Waals surface area contributed by atoms with Gasteiger partial charge in [-0.3, -0.25) is 0 Å². The molecular formula is C10H12BrNO5S2. The highest BCUT2D eigenvalue weighted by molar-refractivity contribution is 9.11. The molecule has 2 rings (SSSR count). The number of nitrogens with one attached hydrogen (secondary N) is 1. The van der Waals surface area contributed by atoms with E-state index in [1.165, 1.54) is 0 Å². The largest absolute Gasteiger partial charge is 0.477 e. The van der Waals surface area contributed by atoms with Gasteiger partial charge in [0.2, 0.25) is 10.0 Å². The van der Waals surface area contributed by atoms with Gasteiger partial charge in [0.15, 0.2) is 0 Å². The van der Waals surface area contributed by atoms with Crippen molar-refractivity contribution < 1.29 is 23.1 Å². The van der Waals surface area contributed by atoms with Crippen LogP contribution in [0.15, 0.2) is 14.7 Å². The number of hydrogen-bond acceptors (Lipinski definition) is 5. The van der Waals surface area contributed by atoms with Crippen LogP contribution < -0.4 is 4.72 Å². The molecular weight excluding hydrogens is 358 g/mol. The van der Waals surface area contributed by atoms with Gasteiger partial charge in [-0.05, 0) is 34.8 Å². The van der Waals surface area contributed by atoms with E-state index < -0.39 is 16.0 Å². The molecule has 2 N–H and O–H groups in total. The fraction of sp³-hybridized carbons (Fsp3) is 0.500. The first kappa shape index (κ1) is 14.9. The summed E-state index contributed by atoms with van der Waals surface area (Å²) in [6.45, 7) is 0.852. The van der Waals surface area contributed by atoms with Gasteiger partial charge in [-0.2, -0.15) is 0 Å². The lowest BCUT2D eigenvalue weighted by Crippen LogP contribution is -2.31. The van der Waals surface area contributed by atoms with Gasteiger partial charge in [0.05, 0.1) is 9.89 Å². The Morgan fingerprint density at radius 3 is 2.89 bits per heavy atom. The Kier molecular flexibility index (Phi) is 4.62. The number of hydrogen-bond donors (Lipinski definition) is 2. The quantitative estimate of drug-likeness (QED) is 0.823. The molecule has 19 heavy (non-hydrogen) atoms. The van der Waals surface area contributed by atoms with Gasteiger partial charge in [-0.1, -0.05) is 0 Å². The molecule has 0 aliphatic carbocycles. The van der Waals surface area contributed by atoms with Crippen molar-refractivity contribution in [3.8, 4) is 0 Å². The topological polar surface area (TPSA) is 92.7 Å². The SMILES string of the molecule is O=C(O)c1cc(S(=O)(=O)NCC2CCCO2)c(Br)s1. The van der Waals surface area contributed by atoms with E-state index >= 15 is 0 Å². The summed E-state index contributed by atoms with van der Waals surface area (Å²) < 4.78 is 32.2. The van der Waals surface area contributed by atoms with Gasteiger partial charge < -0.3 is 9.84 Å². The predicted octanol–water partition coefficient (Wildman–Crippen LogP) is 1.67. The van der Waals surface area contributed by atoms with Crippen LogP contribution in [0.4, 0.5) is 0 Å². The second-order valence-corrected chi connectivity index (χ2v) is 8.15. The molecule has 1 saturated heterocycles. The molecule has 0 aromatic carbocycles. The molecule has 2 heterocycles. The summed E-state index contributed by atoms with van der Waals surface area (Å²) in [5, 5.41) is 8.85. The molecule has 6 nitrogen and oxygen atoms in total. The number of rotatable bonds is 5. The number of carboxylic acid groups (broad SMARTS) is 1. The first-order valence-corrected chi connectivity index (χ1v) is 8.63. The Bertz CT molecular complexity index is 577. The maximum atomic E-state index is 12.1. The fourth-order valence-corrected chi connectivity index (χ4v) is 5.19. The first-order chi connectivity index (χ1) is 8.90. The third kappa shape index (κ3) is 3.54. The molecule has 1 aliphatic rings. The number of aromatic carboxylic acids is 1. The molecule has 9 heteroatoms. The van der Waals surface area contributed by atoms with Crippen molar-refractivity contribution in [2.75, 3.05) is 13.2 Å². The summed E-state index contributed by atoms with van der Waals surface area (Å²) in [5.41, 5.74) is 0. The van der Waals surface area contributed by atoms with Gasteiger partial charge >= 0.3 is 5.97 Å². The monoisotopic (exact) mass is 369 g/mol. The van der Waals surface area contributed by atoms with Crippen LogP contribution in [0.3, 0.4) is 0 Å². The Morgan fingerprint density at radius 1 is 1.63 bits per heavy atom. The minimum absolute atomic E-state index is 0.0237. The molecule has 0 radical (unpaired) electrons. The van der Waals surface area contributed by atoms with Crippen LogP contribution in [0, 0.1) is 0 Å². The molecule has 106 valence electrons. The number of carbonyl (C=O) groups is 1. The van der Waals surface area contributed by atoms with Crippen LogP contribution in [0.1, 0.15) is 22.5 Å². The van der Waals surface area contributed by atoms with Crippen molar-refractivity contribution in [2.45, 2.75) is 23.8 Å². The van der Waals surface area contributed by atoms with E-state index in [2.05, 4.69) is 20.7 Å². The van der Waals surface area contributed by atoms with Gasteiger partial charge in [0.25, 0.3) is 0 Å². The first-order valence-electron chi connectivity index (χ1n) is 5.54. The normalized spacial score (nSPS) is 19.7. The summed E-state index contributed by atoms with van der Waals surface area (Å²) in [5.74, 6) is -1.15. The maximum Gasteiger partial charge on any atom is 0.345 e. The average molecular weight is 370 g/mol. The zero-order valence-corrected chi connectivity index (χ0v) is 13.0. The van der Waals surface area contributed by atoms with Crippen LogP contribution >= 0.6 is 27.3 Å². The molecule has 1 aromatic heterocycles. The minimum Gasteiger partial charge on any atom is -0.477 e. The predicted molar refractivity (Wildman–Crippen MR) is 73.1 cm³/mol. The van der Waals surface area contributed by atoms with Gasteiger partial charge in [0.1, 0.15) is 9.77 Å². The van der Waals surface area contributed by atoms with Crippen molar-refractivity contribution in [3.63, 3.8) is 0 Å². The standard InChI is InChI=1S/C10H12BrNO5S2/c11-9-8(4-7(18-9)10(13)14)19(15,16)12-5-6-2-1-3-17-6/h4,6,12H,1-3,5H2,(H,13,14). The van der Waals surface area contributed by atoms with Crippen LogP contribution in [0.2, 0.25) is 0 Å². The van der Waals surface area contributed by atoms with Crippen molar-refractivity contribution in [1.82, 2.24) is 4.72 Å². The number of halogens is 1. The summed E-state index contributed by atoms with van der Waals surface area (Å²) in [4.78, 5) is 10.7. The minimum atomic E-state index is -3.72. The maximum absolute atomic E-state index is 12.1. The van der Waals surface area contributed by atoms with E-state index in [9.17, 15) is 13.2 Å². The Labute approximate surface area is 123 Å². The molecule has 1 fully saturated rings. The molecule has 0 bridgehead atoms. The average Bonchev–Trinajstić information content (AvgIpc) is 2.95. The van der Waals surface area contributed by atoms with Gasteiger partial charge in [-0.25, -0.2) is 17.9 Å². The van der Waals surface area contributed by atoms with Crippen LogP contribution in [-0.2, 0) is 14.8 Å². The zero-order valence-electron chi connectivity index (χ0n) is 9.76. The Balaban J connectivity index is 2.12. The molecule has 0 amide bonds. The van der Waals surface area contributed by atoms with Gasteiger partial charge in [-0.15, -0.1) is 11.3 Å². The second kappa shape index (κ2) is 5.88. The number of ether oxygens (including phenoxy) is 1. The smallest absolute Gasteiger partial charge is 0.345 e. The van der Waals surface area contributed by atoms with E-state index in [1.807, 2.05) is 0 Å². The summed E-state index contributed by atoms with van der Waals surface area (Å²) in [7, 11) is -3.72. The summed E-state index contributed by atoms with van der Waals surface area (Å²) in [6.07, 6.45) is 1.65. The fourth-order valence-electron chi connectivity index (χ4n) is 1.73. The molecule has 1 atom stereocenters. The second-order valence-electron chi connectivity index (χ2n) is 4.04. The molecule has 0 saturated carbocycles. The van der Waals surface area contributed by atoms with E-state index in [1.54, 1.807) is 0 Å². The Hall–Kier alpha value is -0.480. The van der Waals surface area contributed by atoms with E-state index in [0.717, 1.165) is 30.2 Å². The van der Waals surface area contributed by atoms with Gasteiger partial charge in [0, 0.05) is 13.2 Å². The van der Waals surface area contributed by atoms with Crippen LogP contribution in [-0.4, -0.2) is 38.7 Å². The lowest BCUT2D eigenvalue weighted by atomic mass is 10.2. The highest BCUT2D eigenvalue weighted by Crippen LogP contribution is 2.31. The van der Waals surface area contributed by atoms with E-state index in [4.69, 9.17) is 9.84 Å². The van der Waals surface area contributed by atoms with Crippen LogP contribution in [0.25, 0.3) is 0 Å². The van der Waals surface area contributed by atoms with Crippen molar-refractivity contribution in [2.24, 2.45) is 0 Å². The third-order valence-electron chi connectivity index (χ3n) is 2.68. The number of thiophene rings is 1. The molecule has 1 unspecified atom stereocenters. The van der Waals surface area contributed by atoms with Crippen molar-refractivity contribution in [3.05, 3.63) is 14.7 Å². The summed E-state index contributed by atoms with van der Waals surface area (Å²) in [6, 6.07) is 1.15. The summed E-state index contributed by atoms with van der Waals surface area (Å²) >= 11 is 3.95. The van der Waals surface area contributed by atoms with Crippen LogP contribution in [0.5, 0.6) is 0 Å². The lowest BCUT2D eigenvalue weighted by Gasteiger charge is -2.10. The zero-order chi connectivity index (χ0) is 14.0.